The number of nitrogens with zero attached hydrogens (tertiary/aromatic N) is 3. The van der Waals surface area contributed by atoms with E-state index in [0.29, 0.717) is 24.5 Å². The van der Waals surface area contributed by atoms with Crippen LogP contribution in [0, 0.1) is 0 Å². The molecule has 0 bridgehead atoms. The third kappa shape index (κ3) is 3.27. The zero-order chi connectivity index (χ0) is 16.4. The van der Waals surface area contributed by atoms with Crippen LogP contribution in [0.1, 0.15) is 30.9 Å². The van der Waals surface area contributed by atoms with E-state index < -0.39 is 12.1 Å². The second-order valence-corrected chi connectivity index (χ2v) is 4.76. The summed E-state index contributed by atoms with van der Waals surface area (Å²) in [5.74, 6) is -0.970. The van der Waals surface area contributed by atoms with Crippen molar-refractivity contribution in [3.8, 4) is 11.4 Å². The first-order valence-electron chi connectivity index (χ1n) is 6.84. The minimum absolute atomic E-state index is 0.123. The molecule has 6 nitrogen and oxygen atoms in total. The first-order chi connectivity index (χ1) is 11.0. The molecule has 122 valence electrons. The number of hydrogen-bond donors (Lipinski definition) is 0. The molecule has 0 amide bonds. The summed E-state index contributed by atoms with van der Waals surface area (Å²) in [5.41, 5.74) is 1.24. The van der Waals surface area contributed by atoms with E-state index in [0.717, 1.165) is 5.56 Å². The van der Waals surface area contributed by atoms with Crippen LogP contribution in [0.5, 0.6) is 0 Å². The van der Waals surface area contributed by atoms with Gasteiger partial charge in [-0.25, -0.2) is 0 Å². The molecule has 9 heteroatoms. The second-order valence-electron chi connectivity index (χ2n) is 4.76. The van der Waals surface area contributed by atoms with Crippen LogP contribution >= 0.6 is 0 Å². The van der Waals surface area contributed by atoms with E-state index >= 15 is 0 Å². The summed E-state index contributed by atoms with van der Waals surface area (Å²) in [7, 11) is 0. The highest BCUT2D eigenvalue weighted by atomic mass is 19.4. The maximum atomic E-state index is 12.4. The summed E-state index contributed by atoms with van der Waals surface area (Å²) < 4.78 is 46.8. The van der Waals surface area contributed by atoms with Crippen molar-refractivity contribution in [1.82, 2.24) is 10.1 Å². The Bertz CT molecular complexity index is 710. The molecule has 1 aromatic carbocycles. The molecule has 1 aliphatic heterocycles. The Hall–Kier alpha value is -2.58. The van der Waals surface area contributed by atoms with Gasteiger partial charge in [0.1, 0.15) is 0 Å². The van der Waals surface area contributed by atoms with E-state index in [9.17, 15) is 13.2 Å². The highest BCUT2D eigenvalue weighted by molar-refractivity contribution is 5.77. The number of oxime groups is 1. The fourth-order valence-corrected chi connectivity index (χ4v) is 2.09. The van der Waals surface area contributed by atoms with Gasteiger partial charge in [-0.3, -0.25) is 0 Å². The zero-order valence-electron chi connectivity index (χ0n) is 12.0. The molecule has 0 saturated carbocycles. The molecule has 1 aromatic heterocycles. The lowest BCUT2D eigenvalue weighted by molar-refractivity contribution is -0.159. The van der Waals surface area contributed by atoms with Gasteiger partial charge >= 0.3 is 12.1 Å². The van der Waals surface area contributed by atoms with E-state index in [1.54, 1.807) is 24.3 Å². The Kier molecular flexibility index (Phi) is 3.93. The van der Waals surface area contributed by atoms with Gasteiger partial charge in [0, 0.05) is 5.56 Å². The number of rotatable bonds is 3. The summed E-state index contributed by atoms with van der Waals surface area (Å²) in [6, 6.07) is 6.63. The summed E-state index contributed by atoms with van der Waals surface area (Å²) in [5, 5.41) is 7.16. The monoisotopic (exact) mass is 327 g/mol. The fourth-order valence-electron chi connectivity index (χ4n) is 2.09. The number of ether oxygens (including phenoxy) is 1. The van der Waals surface area contributed by atoms with Crippen LogP contribution in [-0.2, 0) is 15.8 Å². The largest absolute Gasteiger partial charge is 0.479 e. The van der Waals surface area contributed by atoms with Crippen LogP contribution in [0.15, 0.2) is 33.9 Å². The quantitative estimate of drug-likeness (QED) is 0.862. The molecular formula is C14H12F3N3O3. The Balaban J connectivity index is 1.72. The average Bonchev–Trinajstić information content (AvgIpc) is 3.16. The molecule has 2 heterocycles. The van der Waals surface area contributed by atoms with Crippen molar-refractivity contribution in [3.05, 3.63) is 35.7 Å². The first kappa shape index (κ1) is 15.3. The van der Waals surface area contributed by atoms with Gasteiger partial charge in [0.2, 0.25) is 11.7 Å². The number of aromatic nitrogens is 2. The van der Waals surface area contributed by atoms with Crippen molar-refractivity contribution >= 4 is 5.90 Å². The predicted octanol–water partition coefficient (Wildman–Crippen LogP) is 3.57. The van der Waals surface area contributed by atoms with Crippen LogP contribution in [0.3, 0.4) is 0 Å². The van der Waals surface area contributed by atoms with Crippen molar-refractivity contribution in [1.29, 1.82) is 0 Å². The van der Waals surface area contributed by atoms with Crippen molar-refractivity contribution in [2.45, 2.75) is 25.6 Å². The Morgan fingerprint density at radius 3 is 2.61 bits per heavy atom. The number of alkyl halides is 3. The highest BCUT2D eigenvalue weighted by Gasteiger charge is 2.38. The maximum Gasteiger partial charge on any atom is 0.471 e. The summed E-state index contributed by atoms with van der Waals surface area (Å²) in [6.45, 7) is 2.36. The van der Waals surface area contributed by atoms with Gasteiger partial charge < -0.3 is 14.1 Å². The Morgan fingerprint density at radius 1 is 1.26 bits per heavy atom. The van der Waals surface area contributed by atoms with E-state index in [1.165, 1.54) is 0 Å². The molecule has 23 heavy (non-hydrogen) atoms. The normalized spacial score (nSPS) is 17.7. The van der Waals surface area contributed by atoms with Crippen LogP contribution < -0.4 is 0 Å². The van der Waals surface area contributed by atoms with E-state index in [4.69, 9.17) is 9.57 Å². The lowest BCUT2D eigenvalue weighted by Gasteiger charge is -2.08. The summed E-state index contributed by atoms with van der Waals surface area (Å²) >= 11 is 0. The molecule has 0 radical (unpaired) electrons. The Morgan fingerprint density at radius 2 is 2.00 bits per heavy atom. The smallest absolute Gasteiger partial charge is 0.471 e. The molecule has 1 atom stereocenters. The number of hydrogen-bond acceptors (Lipinski definition) is 6. The third-order valence-electron chi connectivity index (χ3n) is 3.16. The summed E-state index contributed by atoms with van der Waals surface area (Å²) in [4.78, 5) is 8.60. The highest BCUT2D eigenvalue weighted by Crippen LogP contribution is 2.31. The van der Waals surface area contributed by atoms with Gasteiger partial charge in [-0.1, -0.05) is 34.6 Å². The van der Waals surface area contributed by atoms with Gasteiger partial charge in [-0.2, -0.15) is 18.2 Å². The van der Waals surface area contributed by atoms with Gasteiger partial charge in [-0.05, 0) is 12.5 Å². The fraction of sp³-hybridized carbons (Fsp3) is 0.357. The SMILES string of the molecule is CCOC1=NOC(c2ccc(-c3noc(C(F)(F)F)n3)cc2)C1. The molecule has 1 aliphatic rings. The van der Waals surface area contributed by atoms with Gasteiger partial charge in [0.15, 0.2) is 6.10 Å². The van der Waals surface area contributed by atoms with E-state index in [-0.39, 0.29) is 11.9 Å². The molecular weight excluding hydrogens is 315 g/mol. The summed E-state index contributed by atoms with van der Waals surface area (Å²) in [6.07, 6.45) is -4.43. The molecule has 0 saturated heterocycles. The number of benzene rings is 1. The van der Waals surface area contributed by atoms with Crippen molar-refractivity contribution in [3.63, 3.8) is 0 Å². The van der Waals surface area contributed by atoms with Crippen LogP contribution in [0.2, 0.25) is 0 Å². The lowest BCUT2D eigenvalue weighted by atomic mass is 10.0. The molecule has 2 aromatic rings. The lowest BCUT2D eigenvalue weighted by Crippen LogP contribution is -2.05. The molecule has 0 spiro atoms. The minimum Gasteiger partial charge on any atom is -0.479 e. The maximum absolute atomic E-state index is 12.4. The minimum atomic E-state index is -4.66. The average molecular weight is 327 g/mol. The van der Waals surface area contributed by atoms with Crippen molar-refractivity contribution < 1.29 is 27.3 Å². The Labute approximate surface area is 128 Å². The molecule has 0 aliphatic carbocycles. The van der Waals surface area contributed by atoms with E-state index in [1.807, 2.05) is 6.92 Å². The van der Waals surface area contributed by atoms with Gasteiger partial charge in [0.05, 0.1) is 13.0 Å². The van der Waals surface area contributed by atoms with Crippen molar-refractivity contribution in [2.75, 3.05) is 6.61 Å². The molecule has 1 unspecified atom stereocenters. The van der Waals surface area contributed by atoms with E-state index in [2.05, 4.69) is 19.8 Å². The second kappa shape index (κ2) is 5.90. The first-order valence-corrected chi connectivity index (χ1v) is 6.84. The molecule has 0 N–H and O–H groups in total. The van der Waals surface area contributed by atoms with Gasteiger partial charge in [0.25, 0.3) is 0 Å². The zero-order valence-corrected chi connectivity index (χ0v) is 12.0. The van der Waals surface area contributed by atoms with Gasteiger partial charge in [-0.15, -0.1) is 0 Å². The van der Waals surface area contributed by atoms with Crippen LogP contribution in [0.4, 0.5) is 13.2 Å². The third-order valence-corrected chi connectivity index (χ3v) is 3.16. The van der Waals surface area contributed by atoms with Crippen molar-refractivity contribution in [2.24, 2.45) is 5.16 Å². The van der Waals surface area contributed by atoms with Crippen LogP contribution in [0.25, 0.3) is 11.4 Å². The number of halogens is 3. The predicted molar refractivity (Wildman–Crippen MR) is 72.2 cm³/mol. The topological polar surface area (TPSA) is 69.7 Å². The molecule has 0 fully saturated rings. The molecule has 3 rings (SSSR count). The van der Waals surface area contributed by atoms with Crippen LogP contribution in [-0.4, -0.2) is 22.6 Å². The standard InChI is InChI=1S/C14H12F3N3O3/c1-2-21-11-7-10(22-19-11)8-3-5-9(6-4-8)12-18-13(23-20-12)14(15,16)17/h3-6,10H,2,7H2,1H3.